The first-order valence-corrected chi connectivity index (χ1v) is 18.5. The molecular weight excluding hydrogens is 715 g/mol. The van der Waals surface area contributed by atoms with E-state index in [1.54, 1.807) is 41.6 Å². The number of nitrogens with one attached hydrogen (secondary N) is 2. The van der Waals surface area contributed by atoms with Crippen molar-refractivity contribution in [2.75, 3.05) is 39.3 Å². The van der Waals surface area contributed by atoms with Gasteiger partial charge in [0.15, 0.2) is 0 Å². The Kier molecular flexibility index (Phi) is 12.3. The highest BCUT2D eigenvalue weighted by atomic mass is 19.4. The lowest BCUT2D eigenvalue weighted by atomic mass is 9.90. The Morgan fingerprint density at radius 2 is 1.73 bits per heavy atom. The molecule has 2 amide bonds. The Bertz CT molecular complexity index is 1910. The topological polar surface area (TPSA) is 140 Å². The molecule has 2 aromatic carbocycles. The number of β-amino-alcohol motifs (C(OH)–C–C–N with tert-alkyl or cyclic N) is 1. The Labute approximate surface area is 318 Å². The molecule has 0 saturated carbocycles. The maximum atomic E-state index is 14.0. The Morgan fingerprint density at radius 1 is 1.02 bits per heavy atom. The summed E-state index contributed by atoms with van der Waals surface area (Å²) in [5.41, 5.74) is 2.47. The summed E-state index contributed by atoms with van der Waals surface area (Å²) in [6, 6.07) is 20.3. The molecule has 55 heavy (non-hydrogen) atoms. The molecule has 4 heterocycles. The maximum Gasteiger partial charge on any atom is 0.405 e. The van der Waals surface area contributed by atoms with Gasteiger partial charge in [-0.25, -0.2) is 0 Å². The molecule has 4 aromatic rings. The molecule has 294 valence electrons. The van der Waals surface area contributed by atoms with Crippen molar-refractivity contribution in [3.8, 4) is 17.1 Å². The van der Waals surface area contributed by atoms with Crippen molar-refractivity contribution >= 4 is 11.8 Å². The first kappa shape index (κ1) is 39.9. The van der Waals surface area contributed by atoms with E-state index in [2.05, 4.69) is 15.6 Å². The van der Waals surface area contributed by atoms with E-state index in [1.807, 2.05) is 74.2 Å². The summed E-state index contributed by atoms with van der Waals surface area (Å²) >= 11 is 0. The molecule has 11 nitrogen and oxygen atoms in total. The van der Waals surface area contributed by atoms with E-state index >= 15 is 0 Å². The second-order valence-corrected chi connectivity index (χ2v) is 14.9. The highest BCUT2D eigenvalue weighted by molar-refractivity contribution is 5.82. The molecule has 1 fully saturated rings. The van der Waals surface area contributed by atoms with Crippen LogP contribution in [0.5, 0.6) is 5.75 Å². The quantitative estimate of drug-likeness (QED) is 0.152. The zero-order valence-electron chi connectivity index (χ0n) is 31.1. The predicted molar refractivity (Wildman–Crippen MR) is 199 cm³/mol. The number of aliphatic hydroxyl groups is 2. The molecule has 2 aliphatic heterocycles. The lowest BCUT2D eigenvalue weighted by molar-refractivity contribution is -0.144. The molecule has 0 aliphatic carbocycles. The number of hydrogen-bond acceptors (Lipinski definition) is 9. The molecule has 0 radical (unpaired) electrons. The molecule has 0 bridgehead atoms. The number of piperazine rings is 1. The number of hydrogen-bond donors (Lipinski definition) is 4. The fourth-order valence-corrected chi connectivity index (χ4v) is 7.64. The number of ether oxygens (including phenoxy) is 1. The zero-order chi connectivity index (χ0) is 39.3. The molecule has 6 rings (SSSR count). The van der Waals surface area contributed by atoms with Crippen molar-refractivity contribution in [1.82, 2.24) is 25.4 Å². The van der Waals surface area contributed by atoms with Crippen molar-refractivity contribution in [1.29, 1.82) is 0 Å². The molecule has 14 heteroatoms. The van der Waals surface area contributed by atoms with Gasteiger partial charge in [-0.15, -0.1) is 0 Å². The van der Waals surface area contributed by atoms with Crippen LogP contribution in [0.4, 0.5) is 13.2 Å². The average Bonchev–Trinajstić information content (AvgIpc) is 3.57. The second-order valence-electron chi connectivity index (χ2n) is 14.9. The van der Waals surface area contributed by atoms with Crippen molar-refractivity contribution < 1.29 is 42.1 Å². The molecule has 5 atom stereocenters. The van der Waals surface area contributed by atoms with Crippen molar-refractivity contribution in [2.45, 2.75) is 69.6 Å². The third-order valence-corrected chi connectivity index (χ3v) is 10.5. The predicted octanol–water partition coefficient (Wildman–Crippen LogP) is 4.77. The number of halogens is 3. The molecule has 2 aromatic heterocycles. The fourth-order valence-electron chi connectivity index (χ4n) is 7.64. The van der Waals surface area contributed by atoms with E-state index in [4.69, 9.17) is 9.15 Å². The van der Waals surface area contributed by atoms with Crippen LogP contribution in [0.2, 0.25) is 0 Å². The second kappa shape index (κ2) is 16.9. The van der Waals surface area contributed by atoms with Gasteiger partial charge in [0.05, 0.1) is 17.7 Å². The Morgan fingerprint density at radius 3 is 2.45 bits per heavy atom. The number of aryl methyl sites for hydroxylation is 1. The van der Waals surface area contributed by atoms with Crippen LogP contribution in [0.15, 0.2) is 89.6 Å². The highest BCUT2D eigenvalue weighted by Gasteiger charge is 2.43. The van der Waals surface area contributed by atoms with Crippen LogP contribution < -0.4 is 15.4 Å². The van der Waals surface area contributed by atoms with Gasteiger partial charge in [0.1, 0.15) is 42.6 Å². The normalized spacial score (nSPS) is 20.5. The first-order valence-electron chi connectivity index (χ1n) is 18.5. The Hall–Kier alpha value is -4.76. The third kappa shape index (κ3) is 9.74. The van der Waals surface area contributed by atoms with E-state index < -0.39 is 54.4 Å². The SMILES string of the molecule is Cc1cc(-c2ccncc2)oc1C(C)(C)N1CCN(C[C@@H](O)C[C@@H](Cc2ccccc2)C(=O)N[C@H]2c3ccccc3OC[C@H]2O)[C@H](C(=O)NCC(F)(F)F)C1. The van der Waals surface area contributed by atoms with Crippen molar-refractivity contribution in [3.05, 3.63) is 108 Å². The smallest absolute Gasteiger partial charge is 0.405 e. The Balaban J connectivity index is 1.20. The van der Waals surface area contributed by atoms with Gasteiger partial charge in [-0.1, -0.05) is 48.5 Å². The van der Waals surface area contributed by atoms with Gasteiger partial charge in [-0.2, -0.15) is 13.2 Å². The van der Waals surface area contributed by atoms with Crippen LogP contribution in [-0.2, 0) is 21.5 Å². The van der Waals surface area contributed by atoms with Gasteiger partial charge >= 0.3 is 6.18 Å². The van der Waals surface area contributed by atoms with Gasteiger partial charge in [0.2, 0.25) is 11.8 Å². The number of fused-ring (bicyclic) bond motifs is 1. The summed E-state index contributed by atoms with van der Waals surface area (Å²) in [6.07, 6.45) is -3.12. The fraction of sp³-hybridized carbons (Fsp3) is 0.439. The number of aromatic nitrogens is 1. The lowest BCUT2D eigenvalue weighted by Crippen LogP contribution is -2.63. The minimum Gasteiger partial charge on any atom is -0.490 e. The van der Waals surface area contributed by atoms with Crippen LogP contribution in [-0.4, -0.2) is 101 Å². The number of alkyl halides is 3. The van der Waals surface area contributed by atoms with Gasteiger partial charge in [-0.05, 0) is 69.0 Å². The lowest BCUT2D eigenvalue weighted by Gasteiger charge is -2.47. The van der Waals surface area contributed by atoms with Gasteiger partial charge in [0.25, 0.3) is 0 Å². The number of nitrogens with zero attached hydrogens (tertiary/aromatic N) is 3. The van der Waals surface area contributed by atoms with E-state index in [0.717, 1.165) is 16.7 Å². The number of furan rings is 1. The van der Waals surface area contributed by atoms with Gasteiger partial charge < -0.3 is 30.0 Å². The zero-order valence-corrected chi connectivity index (χ0v) is 31.1. The number of carbonyl (C=O) groups is 2. The monoisotopic (exact) mass is 763 g/mol. The van der Waals surface area contributed by atoms with Crippen molar-refractivity contribution in [2.24, 2.45) is 5.92 Å². The number of para-hydroxylation sites is 1. The molecule has 4 N–H and O–H groups in total. The number of amides is 2. The number of pyridine rings is 1. The third-order valence-electron chi connectivity index (χ3n) is 10.5. The summed E-state index contributed by atoms with van der Waals surface area (Å²) in [4.78, 5) is 35.3. The number of benzene rings is 2. The molecule has 1 saturated heterocycles. The van der Waals surface area contributed by atoms with Crippen LogP contribution in [0.3, 0.4) is 0 Å². The number of rotatable bonds is 13. The molecular formula is C41H48F3N5O6. The van der Waals surface area contributed by atoms with E-state index in [-0.39, 0.29) is 45.0 Å². The van der Waals surface area contributed by atoms with Crippen LogP contribution in [0.25, 0.3) is 11.3 Å². The first-order chi connectivity index (χ1) is 26.2. The average molecular weight is 764 g/mol. The van der Waals surface area contributed by atoms with E-state index in [1.165, 1.54) is 0 Å². The standard InChI is InChI=1S/C41H48F3N5O6/c1-26-19-35(28-13-15-45-16-14-28)55-37(26)40(2,3)49-18-17-48(32(23-49)39(53)46-25-41(42,43)44)22-30(50)21-29(20-27-9-5-4-6-10-27)38(52)47-36-31-11-7-8-12-34(31)54-24-33(36)51/h4-16,19,29-30,32-33,36,50-51H,17-18,20-25H2,1-3H3,(H,46,53)(H,47,52)/t29-,30+,32+,33-,36+/m1/s1. The van der Waals surface area contributed by atoms with Crippen LogP contribution >= 0.6 is 0 Å². The number of carbonyl (C=O) groups excluding carboxylic acids is 2. The van der Waals surface area contributed by atoms with E-state index in [9.17, 15) is 33.0 Å². The molecule has 0 spiro atoms. The summed E-state index contributed by atoms with van der Waals surface area (Å²) in [5, 5.41) is 27.4. The summed E-state index contributed by atoms with van der Waals surface area (Å²) in [7, 11) is 0. The van der Waals surface area contributed by atoms with Gasteiger partial charge in [-0.3, -0.25) is 24.4 Å². The minimum atomic E-state index is -4.61. The summed E-state index contributed by atoms with van der Waals surface area (Å²) in [6.45, 7) is 5.00. The van der Waals surface area contributed by atoms with E-state index in [0.29, 0.717) is 29.4 Å². The number of aliphatic hydroxyl groups excluding tert-OH is 2. The summed E-state index contributed by atoms with van der Waals surface area (Å²) < 4.78 is 51.8. The molecule has 0 unspecified atom stereocenters. The minimum absolute atomic E-state index is 0.0000940. The highest BCUT2D eigenvalue weighted by Crippen LogP contribution is 2.37. The maximum absolute atomic E-state index is 14.0. The molecule has 2 aliphatic rings. The van der Waals surface area contributed by atoms with Gasteiger partial charge in [0, 0.05) is 55.6 Å². The largest absolute Gasteiger partial charge is 0.490 e. The summed E-state index contributed by atoms with van der Waals surface area (Å²) in [5.74, 6) is -0.0673. The van der Waals surface area contributed by atoms with Crippen LogP contribution in [0.1, 0.15) is 48.8 Å². The van der Waals surface area contributed by atoms with Crippen molar-refractivity contribution in [3.63, 3.8) is 0 Å². The van der Waals surface area contributed by atoms with Crippen LogP contribution in [0, 0.1) is 12.8 Å².